The lowest BCUT2D eigenvalue weighted by atomic mass is 10.1. The van der Waals surface area contributed by atoms with Crippen LogP contribution in [0, 0.1) is 0 Å². The highest BCUT2D eigenvalue weighted by Gasteiger charge is 2.06. The number of benzene rings is 1. The zero-order chi connectivity index (χ0) is 18.1. The zero-order valence-electron chi connectivity index (χ0n) is 15.5. The average molecular weight is 361 g/mol. The van der Waals surface area contributed by atoms with Crippen LogP contribution in [0.4, 0.5) is 0 Å². The lowest BCUT2D eigenvalue weighted by molar-refractivity contribution is 0.340. The molecular formula is C19H28N4OS. The molecule has 0 unspecified atom stereocenters. The third kappa shape index (κ3) is 6.38. The summed E-state index contributed by atoms with van der Waals surface area (Å²) in [6.45, 7) is 8.51. The van der Waals surface area contributed by atoms with Gasteiger partial charge in [0.2, 0.25) is 0 Å². The van der Waals surface area contributed by atoms with Crippen LogP contribution in [0.3, 0.4) is 0 Å². The van der Waals surface area contributed by atoms with E-state index >= 15 is 0 Å². The number of guanidine groups is 1. The van der Waals surface area contributed by atoms with Crippen molar-refractivity contribution in [1.82, 2.24) is 15.6 Å². The molecule has 1 heterocycles. The van der Waals surface area contributed by atoms with Crippen LogP contribution in [0.2, 0.25) is 0 Å². The van der Waals surface area contributed by atoms with E-state index in [1.165, 1.54) is 5.56 Å². The SMILES string of the molecule is CCOc1cccc(CCNC(=NC)NCc2nc(C(C)C)cs2)c1. The molecule has 0 aliphatic rings. The van der Waals surface area contributed by atoms with Gasteiger partial charge in [0.05, 0.1) is 18.8 Å². The Labute approximate surface area is 154 Å². The molecule has 0 aliphatic heterocycles. The summed E-state index contributed by atoms with van der Waals surface area (Å²) >= 11 is 1.69. The molecule has 2 rings (SSSR count). The molecule has 0 radical (unpaired) electrons. The molecule has 0 amide bonds. The van der Waals surface area contributed by atoms with Gasteiger partial charge in [-0.1, -0.05) is 26.0 Å². The normalized spacial score (nSPS) is 11.6. The summed E-state index contributed by atoms with van der Waals surface area (Å²) in [6.07, 6.45) is 0.913. The van der Waals surface area contributed by atoms with Gasteiger partial charge in [-0.15, -0.1) is 11.3 Å². The van der Waals surface area contributed by atoms with Crippen molar-refractivity contribution in [2.24, 2.45) is 4.99 Å². The third-order valence-electron chi connectivity index (χ3n) is 3.71. The maximum Gasteiger partial charge on any atom is 0.191 e. The molecule has 0 saturated carbocycles. The molecule has 0 aliphatic carbocycles. The molecule has 1 aromatic carbocycles. The van der Waals surface area contributed by atoms with Crippen molar-refractivity contribution in [3.05, 3.63) is 45.9 Å². The minimum absolute atomic E-state index is 0.467. The Balaban J connectivity index is 1.77. The summed E-state index contributed by atoms with van der Waals surface area (Å²) in [4.78, 5) is 8.90. The number of thiazole rings is 1. The van der Waals surface area contributed by atoms with E-state index in [0.29, 0.717) is 19.1 Å². The summed E-state index contributed by atoms with van der Waals surface area (Å²) in [7, 11) is 1.78. The van der Waals surface area contributed by atoms with Crippen LogP contribution in [-0.4, -0.2) is 31.1 Å². The first kappa shape index (κ1) is 19.2. The maximum absolute atomic E-state index is 5.54. The Bertz CT molecular complexity index is 682. The van der Waals surface area contributed by atoms with Gasteiger partial charge in [-0.25, -0.2) is 4.98 Å². The van der Waals surface area contributed by atoms with Crippen molar-refractivity contribution in [1.29, 1.82) is 0 Å². The first-order chi connectivity index (χ1) is 12.1. The quantitative estimate of drug-likeness (QED) is 0.558. The molecule has 0 atom stereocenters. The highest BCUT2D eigenvalue weighted by Crippen LogP contribution is 2.17. The van der Waals surface area contributed by atoms with Crippen LogP contribution < -0.4 is 15.4 Å². The standard InChI is InChI=1S/C19H28N4OS/c1-5-24-16-8-6-7-15(11-16)9-10-21-19(20-4)22-12-18-23-17(13-25-18)14(2)3/h6-8,11,13-14H,5,9-10,12H2,1-4H3,(H2,20,21,22). The lowest BCUT2D eigenvalue weighted by Gasteiger charge is -2.11. The minimum Gasteiger partial charge on any atom is -0.494 e. The van der Waals surface area contributed by atoms with Gasteiger partial charge >= 0.3 is 0 Å². The molecule has 5 nitrogen and oxygen atoms in total. The number of hydrogen-bond acceptors (Lipinski definition) is 4. The molecule has 1 aromatic heterocycles. The Morgan fingerprint density at radius 2 is 2.16 bits per heavy atom. The van der Waals surface area contributed by atoms with E-state index in [4.69, 9.17) is 4.74 Å². The van der Waals surface area contributed by atoms with Crippen molar-refractivity contribution >= 4 is 17.3 Å². The summed E-state index contributed by atoms with van der Waals surface area (Å²) in [5.74, 6) is 2.18. The predicted octanol–water partition coefficient (Wildman–Crippen LogP) is 3.57. The second-order valence-corrected chi connectivity index (χ2v) is 6.95. The second kappa shape index (κ2) is 10.0. The first-order valence-corrected chi connectivity index (χ1v) is 9.61. The van der Waals surface area contributed by atoms with Crippen LogP contribution >= 0.6 is 11.3 Å². The van der Waals surface area contributed by atoms with Crippen molar-refractivity contribution in [2.45, 2.75) is 39.7 Å². The first-order valence-electron chi connectivity index (χ1n) is 8.73. The number of rotatable bonds is 8. The largest absolute Gasteiger partial charge is 0.494 e. The van der Waals surface area contributed by atoms with E-state index in [0.717, 1.165) is 35.4 Å². The Hall–Kier alpha value is -2.08. The molecule has 2 N–H and O–H groups in total. The number of nitrogens with zero attached hydrogens (tertiary/aromatic N) is 2. The van der Waals surface area contributed by atoms with Crippen LogP contribution in [0.5, 0.6) is 5.75 Å². The Morgan fingerprint density at radius 3 is 2.84 bits per heavy atom. The summed E-state index contributed by atoms with van der Waals surface area (Å²) in [5.41, 5.74) is 2.40. The highest BCUT2D eigenvalue weighted by molar-refractivity contribution is 7.09. The van der Waals surface area contributed by atoms with Crippen molar-refractivity contribution in [3.8, 4) is 5.75 Å². The molecular weight excluding hydrogens is 332 g/mol. The van der Waals surface area contributed by atoms with Gasteiger partial charge in [-0.3, -0.25) is 4.99 Å². The van der Waals surface area contributed by atoms with E-state index in [-0.39, 0.29) is 0 Å². The molecule has 6 heteroatoms. The van der Waals surface area contributed by atoms with Crippen molar-refractivity contribution in [3.63, 3.8) is 0 Å². The van der Waals surface area contributed by atoms with Crippen LogP contribution in [0.1, 0.15) is 43.0 Å². The number of ether oxygens (including phenoxy) is 1. The molecule has 0 spiro atoms. The zero-order valence-corrected chi connectivity index (χ0v) is 16.3. The van der Waals surface area contributed by atoms with E-state index in [9.17, 15) is 0 Å². The fourth-order valence-corrected chi connectivity index (χ4v) is 3.23. The Kier molecular flexibility index (Phi) is 7.73. The lowest BCUT2D eigenvalue weighted by Crippen LogP contribution is -2.37. The van der Waals surface area contributed by atoms with Crippen molar-refractivity contribution in [2.75, 3.05) is 20.2 Å². The molecule has 136 valence electrons. The molecule has 0 bridgehead atoms. The van der Waals surface area contributed by atoms with Gasteiger partial charge < -0.3 is 15.4 Å². The third-order valence-corrected chi connectivity index (χ3v) is 4.57. The van der Waals surface area contributed by atoms with Gasteiger partial charge in [0.1, 0.15) is 10.8 Å². The van der Waals surface area contributed by atoms with Gasteiger partial charge in [-0.2, -0.15) is 0 Å². The fourth-order valence-electron chi connectivity index (χ4n) is 2.33. The fraction of sp³-hybridized carbons (Fsp3) is 0.474. The van der Waals surface area contributed by atoms with Gasteiger partial charge in [0.15, 0.2) is 5.96 Å². The predicted molar refractivity (Wildman–Crippen MR) is 106 cm³/mol. The number of nitrogens with one attached hydrogen (secondary N) is 2. The smallest absolute Gasteiger partial charge is 0.191 e. The van der Waals surface area contributed by atoms with Crippen LogP contribution in [-0.2, 0) is 13.0 Å². The Morgan fingerprint density at radius 1 is 1.32 bits per heavy atom. The summed E-state index contributed by atoms with van der Waals surface area (Å²) in [5, 5.41) is 9.87. The van der Waals surface area contributed by atoms with Gasteiger partial charge in [-0.05, 0) is 37.0 Å². The van der Waals surface area contributed by atoms with Gasteiger partial charge in [0, 0.05) is 19.0 Å². The van der Waals surface area contributed by atoms with Crippen LogP contribution in [0.15, 0.2) is 34.6 Å². The molecule has 0 fully saturated rings. The number of aliphatic imine (C=N–C) groups is 1. The van der Waals surface area contributed by atoms with E-state index in [1.54, 1.807) is 18.4 Å². The summed E-state index contributed by atoms with van der Waals surface area (Å²) < 4.78 is 5.54. The molecule has 0 saturated heterocycles. The highest BCUT2D eigenvalue weighted by atomic mass is 32.1. The number of aromatic nitrogens is 1. The summed E-state index contributed by atoms with van der Waals surface area (Å²) in [6, 6.07) is 8.22. The molecule has 25 heavy (non-hydrogen) atoms. The van der Waals surface area contributed by atoms with E-state index < -0.39 is 0 Å². The topological polar surface area (TPSA) is 58.5 Å². The molecule has 2 aromatic rings. The van der Waals surface area contributed by atoms with Crippen molar-refractivity contribution < 1.29 is 4.74 Å². The minimum atomic E-state index is 0.467. The van der Waals surface area contributed by atoms with Crippen LogP contribution in [0.25, 0.3) is 0 Å². The number of hydrogen-bond donors (Lipinski definition) is 2. The van der Waals surface area contributed by atoms with Gasteiger partial charge in [0.25, 0.3) is 0 Å². The average Bonchev–Trinajstić information content (AvgIpc) is 3.08. The van der Waals surface area contributed by atoms with E-state index in [1.807, 2.05) is 19.1 Å². The second-order valence-electron chi connectivity index (χ2n) is 6.00. The maximum atomic E-state index is 5.54. The van der Waals surface area contributed by atoms with E-state index in [2.05, 4.69) is 52.0 Å². The monoisotopic (exact) mass is 360 g/mol.